The number of para-hydroxylation sites is 1. The number of methoxy groups -OCH3 is 2. The van der Waals surface area contributed by atoms with Crippen molar-refractivity contribution in [1.29, 1.82) is 0 Å². The van der Waals surface area contributed by atoms with Crippen molar-refractivity contribution >= 4 is 17.7 Å². The van der Waals surface area contributed by atoms with E-state index in [0.717, 1.165) is 17.1 Å². The molecule has 0 aliphatic rings. The molecule has 0 radical (unpaired) electrons. The molecule has 1 rings (SSSR count). The number of rotatable bonds is 6. The highest BCUT2D eigenvalue weighted by molar-refractivity contribution is 7.98. The van der Waals surface area contributed by atoms with Gasteiger partial charge in [0, 0.05) is 17.1 Å². The van der Waals surface area contributed by atoms with Crippen LogP contribution < -0.4 is 10.5 Å². The van der Waals surface area contributed by atoms with Crippen LogP contribution in [0.25, 0.3) is 0 Å². The number of thioether (sulfide) groups is 1. The highest BCUT2D eigenvalue weighted by atomic mass is 32.2. The molecule has 0 spiro atoms. The fourth-order valence-corrected chi connectivity index (χ4v) is 2.30. The van der Waals surface area contributed by atoms with E-state index in [9.17, 15) is 4.79 Å². The zero-order valence-corrected chi connectivity index (χ0v) is 10.8. The van der Waals surface area contributed by atoms with Crippen LogP contribution in [-0.2, 0) is 15.3 Å². The number of hydrogen-bond acceptors (Lipinski definition) is 5. The van der Waals surface area contributed by atoms with Crippen molar-refractivity contribution in [3.63, 3.8) is 0 Å². The predicted molar refractivity (Wildman–Crippen MR) is 69.1 cm³/mol. The van der Waals surface area contributed by atoms with Crippen LogP contribution in [0.3, 0.4) is 0 Å². The first-order valence-electron chi connectivity index (χ1n) is 5.22. The quantitative estimate of drug-likeness (QED) is 0.779. The molecule has 1 aromatic carbocycles. The summed E-state index contributed by atoms with van der Waals surface area (Å²) in [5.41, 5.74) is 6.73. The van der Waals surface area contributed by atoms with Gasteiger partial charge in [-0.15, -0.1) is 0 Å². The van der Waals surface area contributed by atoms with Gasteiger partial charge in [-0.2, -0.15) is 11.8 Å². The van der Waals surface area contributed by atoms with Crippen LogP contribution in [0.5, 0.6) is 5.75 Å². The van der Waals surface area contributed by atoms with Gasteiger partial charge in [0.2, 0.25) is 0 Å². The fourth-order valence-electron chi connectivity index (χ4n) is 1.34. The first-order chi connectivity index (χ1) is 8.19. The Labute approximate surface area is 105 Å². The second kappa shape index (κ2) is 7.19. The van der Waals surface area contributed by atoms with Gasteiger partial charge >= 0.3 is 5.97 Å². The number of nitrogens with two attached hydrogens (primary N) is 1. The van der Waals surface area contributed by atoms with Crippen molar-refractivity contribution in [3.8, 4) is 5.75 Å². The Bertz CT molecular complexity index is 371. The second-order valence-electron chi connectivity index (χ2n) is 3.46. The van der Waals surface area contributed by atoms with Crippen molar-refractivity contribution in [1.82, 2.24) is 0 Å². The van der Waals surface area contributed by atoms with E-state index in [1.807, 2.05) is 24.3 Å². The van der Waals surface area contributed by atoms with Crippen LogP contribution in [0.1, 0.15) is 5.56 Å². The summed E-state index contributed by atoms with van der Waals surface area (Å²) in [6.45, 7) is 0. The summed E-state index contributed by atoms with van der Waals surface area (Å²) in [7, 11) is 2.98. The lowest BCUT2D eigenvalue weighted by molar-refractivity contribution is -0.141. The van der Waals surface area contributed by atoms with Crippen molar-refractivity contribution in [2.75, 3.05) is 20.0 Å². The highest BCUT2D eigenvalue weighted by Crippen LogP contribution is 2.22. The van der Waals surface area contributed by atoms with E-state index in [1.165, 1.54) is 7.11 Å². The van der Waals surface area contributed by atoms with Gasteiger partial charge in [0.1, 0.15) is 11.8 Å². The van der Waals surface area contributed by atoms with Crippen LogP contribution in [0.2, 0.25) is 0 Å². The summed E-state index contributed by atoms with van der Waals surface area (Å²) in [4.78, 5) is 11.1. The Morgan fingerprint density at radius 2 is 2.12 bits per heavy atom. The maximum atomic E-state index is 11.1. The molecule has 1 atom stereocenters. The molecule has 0 fully saturated rings. The third-order valence-corrected chi connectivity index (χ3v) is 3.36. The molecule has 1 aromatic rings. The average Bonchev–Trinajstić information content (AvgIpc) is 2.38. The van der Waals surface area contributed by atoms with Crippen molar-refractivity contribution in [2.45, 2.75) is 11.8 Å². The molecule has 94 valence electrons. The fraction of sp³-hybridized carbons (Fsp3) is 0.417. The summed E-state index contributed by atoms with van der Waals surface area (Å²) >= 11 is 1.58. The van der Waals surface area contributed by atoms with Crippen molar-refractivity contribution in [2.24, 2.45) is 5.73 Å². The Morgan fingerprint density at radius 1 is 1.41 bits per heavy atom. The first-order valence-corrected chi connectivity index (χ1v) is 6.37. The van der Waals surface area contributed by atoms with E-state index >= 15 is 0 Å². The number of benzene rings is 1. The van der Waals surface area contributed by atoms with Crippen LogP contribution in [-0.4, -0.2) is 32.0 Å². The molecule has 0 amide bonds. The molecule has 2 N–H and O–H groups in total. The molecule has 0 aromatic heterocycles. The molecule has 0 aliphatic heterocycles. The topological polar surface area (TPSA) is 61.5 Å². The maximum Gasteiger partial charge on any atom is 0.323 e. The first kappa shape index (κ1) is 13.9. The summed E-state index contributed by atoms with van der Waals surface area (Å²) in [5.74, 6) is 1.77. The van der Waals surface area contributed by atoms with E-state index < -0.39 is 6.04 Å². The van der Waals surface area contributed by atoms with E-state index in [4.69, 9.17) is 10.5 Å². The van der Waals surface area contributed by atoms with E-state index in [0.29, 0.717) is 5.75 Å². The van der Waals surface area contributed by atoms with Crippen molar-refractivity contribution in [3.05, 3.63) is 29.8 Å². The highest BCUT2D eigenvalue weighted by Gasteiger charge is 2.13. The maximum absolute atomic E-state index is 11.1. The minimum absolute atomic E-state index is 0.377. The summed E-state index contributed by atoms with van der Waals surface area (Å²) < 4.78 is 9.79. The molecule has 0 heterocycles. The molecular weight excluding hydrogens is 238 g/mol. The van der Waals surface area contributed by atoms with Crippen LogP contribution in [0.15, 0.2) is 24.3 Å². The minimum Gasteiger partial charge on any atom is -0.496 e. The Morgan fingerprint density at radius 3 is 2.76 bits per heavy atom. The lowest BCUT2D eigenvalue weighted by atomic mass is 10.2. The van der Waals surface area contributed by atoms with Gasteiger partial charge in [-0.1, -0.05) is 18.2 Å². The van der Waals surface area contributed by atoms with Gasteiger partial charge in [-0.3, -0.25) is 4.79 Å². The molecular formula is C12H17NO3S. The van der Waals surface area contributed by atoms with Crippen LogP contribution in [0, 0.1) is 0 Å². The van der Waals surface area contributed by atoms with Crippen LogP contribution >= 0.6 is 11.8 Å². The number of carbonyl (C=O) groups is 1. The number of ether oxygens (including phenoxy) is 2. The normalized spacial score (nSPS) is 11.9. The summed E-state index contributed by atoms with van der Waals surface area (Å²) in [6, 6.07) is 7.22. The van der Waals surface area contributed by atoms with Crippen LogP contribution in [0.4, 0.5) is 0 Å². The molecule has 0 saturated heterocycles. The number of hydrogen-bond donors (Lipinski definition) is 1. The lowest BCUT2D eigenvalue weighted by Crippen LogP contribution is -2.33. The van der Waals surface area contributed by atoms with E-state index in [2.05, 4.69) is 4.74 Å². The van der Waals surface area contributed by atoms with Gasteiger partial charge in [0.15, 0.2) is 0 Å². The molecule has 0 aliphatic carbocycles. The molecule has 5 heteroatoms. The van der Waals surface area contributed by atoms with E-state index in [1.54, 1.807) is 18.9 Å². The molecule has 1 unspecified atom stereocenters. The predicted octanol–water partition coefficient (Wildman–Crippen LogP) is 1.43. The van der Waals surface area contributed by atoms with Gasteiger partial charge in [-0.25, -0.2) is 0 Å². The van der Waals surface area contributed by atoms with Gasteiger partial charge in [0.25, 0.3) is 0 Å². The van der Waals surface area contributed by atoms with Crippen molar-refractivity contribution < 1.29 is 14.3 Å². The third-order valence-electron chi connectivity index (χ3n) is 2.25. The largest absolute Gasteiger partial charge is 0.496 e. The summed E-state index contributed by atoms with van der Waals surface area (Å²) in [5, 5.41) is 0. The van der Waals surface area contributed by atoms with Gasteiger partial charge in [0.05, 0.1) is 14.2 Å². The Kier molecular flexibility index (Phi) is 5.86. The van der Waals surface area contributed by atoms with Gasteiger partial charge < -0.3 is 15.2 Å². The van der Waals surface area contributed by atoms with Gasteiger partial charge in [-0.05, 0) is 6.07 Å². The monoisotopic (exact) mass is 255 g/mol. The zero-order valence-electron chi connectivity index (χ0n) is 10.0. The molecule has 4 nitrogen and oxygen atoms in total. The zero-order chi connectivity index (χ0) is 12.7. The molecule has 0 bridgehead atoms. The standard InChI is InChI=1S/C12H17NO3S/c1-15-11-6-4-3-5-9(11)7-17-8-10(13)12(14)16-2/h3-6,10H,7-8,13H2,1-2H3. The third kappa shape index (κ3) is 4.28. The molecule has 0 saturated carbocycles. The molecule has 17 heavy (non-hydrogen) atoms. The smallest absolute Gasteiger partial charge is 0.323 e. The van der Waals surface area contributed by atoms with E-state index in [-0.39, 0.29) is 5.97 Å². The second-order valence-corrected chi connectivity index (χ2v) is 4.49. The minimum atomic E-state index is -0.570. The summed E-state index contributed by atoms with van der Waals surface area (Å²) in [6.07, 6.45) is 0. The average molecular weight is 255 g/mol. The lowest BCUT2D eigenvalue weighted by Gasteiger charge is -2.10. The Balaban J connectivity index is 2.43. The number of carbonyl (C=O) groups excluding carboxylic acids is 1. The number of esters is 1. The Hall–Kier alpha value is -1.20. The SMILES string of the molecule is COC(=O)C(N)CSCc1ccccc1OC.